The number of pyridine rings is 1. The molecule has 1 fully saturated rings. The fourth-order valence-electron chi connectivity index (χ4n) is 1.54. The zero-order chi connectivity index (χ0) is 10.7. The summed E-state index contributed by atoms with van der Waals surface area (Å²) < 4.78 is 0. The number of nitrogens with one attached hydrogen (secondary N) is 2. The minimum atomic E-state index is -0.219. The predicted molar refractivity (Wildman–Crippen MR) is 61.0 cm³/mol. The summed E-state index contributed by atoms with van der Waals surface area (Å²) in [5, 5.41) is 15.9. The molecule has 3 N–H and O–H groups in total. The van der Waals surface area contributed by atoms with E-state index in [0.717, 1.165) is 24.2 Å². The molecule has 0 spiro atoms. The van der Waals surface area contributed by atoms with Crippen molar-refractivity contribution in [3.05, 3.63) is 18.5 Å². The zero-order valence-electron chi connectivity index (χ0n) is 8.90. The topological polar surface area (TPSA) is 57.2 Å². The maximum Gasteiger partial charge on any atom is 0.0740 e. The van der Waals surface area contributed by atoms with Crippen molar-refractivity contribution in [1.29, 1.82) is 0 Å². The van der Waals surface area contributed by atoms with Gasteiger partial charge in [-0.15, -0.1) is 0 Å². The summed E-state index contributed by atoms with van der Waals surface area (Å²) in [6.45, 7) is 0.611. The molecule has 1 unspecified atom stereocenters. The van der Waals surface area contributed by atoms with E-state index in [0.29, 0.717) is 12.5 Å². The highest BCUT2D eigenvalue weighted by Crippen LogP contribution is 2.32. The van der Waals surface area contributed by atoms with Crippen LogP contribution in [0, 0.1) is 5.92 Å². The van der Waals surface area contributed by atoms with Gasteiger partial charge in [-0.1, -0.05) is 0 Å². The van der Waals surface area contributed by atoms with E-state index in [2.05, 4.69) is 15.6 Å². The normalized spacial score (nSPS) is 17.2. The van der Waals surface area contributed by atoms with Gasteiger partial charge >= 0.3 is 0 Å². The van der Waals surface area contributed by atoms with Gasteiger partial charge in [0, 0.05) is 13.6 Å². The minimum absolute atomic E-state index is 0.219. The standard InChI is InChI=1S/C11H17N3O/c1-12-9-4-10(6-13-5-9)14-7-11(15)8-2-3-8/h4-6,8,11-12,14-15H,2-3,7H2,1H3. The van der Waals surface area contributed by atoms with Gasteiger partial charge in [-0.05, 0) is 24.8 Å². The second kappa shape index (κ2) is 4.49. The Morgan fingerprint density at radius 1 is 1.47 bits per heavy atom. The zero-order valence-corrected chi connectivity index (χ0v) is 8.90. The van der Waals surface area contributed by atoms with Gasteiger partial charge in [-0.2, -0.15) is 0 Å². The lowest BCUT2D eigenvalue weighted by Gasteiger charge is -2.12. The Morgan fingerprint density at radius 2 is 2.20 bits per heavy atom. The average Bonchev–Trinajstić information content (AvgIpc) is 3.10. The van der Waals surface area contributed by atoms with E-state index in [9.17, 15) is 5.11 Å². The number of aromatic nitrogens is 1. The highest BCUT2D eigenvalue weighted by atomic mass is 16.3. The Hall–Kier alpha value is -1.29. The molecule has 1 aromatic heterocycles. The summed E-state index contributed by atoms with van der Waals surface area (Å²) in [4.78, 5) is 4.09. The number of hydrogen-bond donors (Lipinski definition) is 3. The van der Waals surface area contributed by atoms with Crippen LogP contribution < -0.4 is 10.6 Å². The van der Waals surface area contributed by atoms with E-state index in [4.69, 9.17) is 0 Å². The molecule has 1 atom stereocenters. The van der Waals surface area contributed by atoms with Gasteiger partial charge in [0.15, 0.2) is 0 Å². The largest absolute Gasteiger partial charge is 0.391 e. The maximum absolute atomic E-state index is 9.68. The van der Waals surface area contributed by atoms with Crippen molar-refractivity contribution >= 4 is 11.4 Å². The molecule has 4 nitrogen and oxygen atoms in total. The molecule has 0 saturated heterocycles. The van der Waals surface area contributed by atoms with E-state index in [-0.39, 0.29) is 6.10 Å². The van der Waals surface area contributed by atoms with Crippen LogP contribution in [0.5, 0.6) is 0 Å². The monoisotopic (exact) mass is 207 g/mol. The van der Waals surface area contributed by atoms with Gasteiger partial charge in [0.2, 0.25) is 0 Å². The van der Waals surface area contributed by atoms with Crippen molar-refractivity contribution in [3.8, 4) is 0 Å². The number of nitrogens with zero attached hydrogens (tertiary/aromatic N) is 1. The molecule has 1 heterocycles. The summed E-state index contributed by atoms with van der Waals surface area (Å²) in [5.41, 5.74) is 1.92. The molecule has 1 aromatic rings. The van der Waals surface area contributed by atoms with Gasteiger partial charge in [-0.3, -0.25) is 4.98 Å². The molecule has 15 heavy (non-hydrogen) atoms. The fourth-order valence-corrected chi connectivity index (χ4v) is 1.54. The molecule has 2 rings (SSSR count). The van der Waals surface area contributed by atoms with Crippen LogP contribution in [0.2, 0.25) is 0 Å². The van der Waals surface area contributed by atoms with Crippen LogP contribution in [0.15, 0.2) is 18.5 Å². The summed E-state index contributed by atoms with van der Waals surface area (Å²) in [6.07, 6.45) is 5.64. The lowest BCUT2D eigenvalue weighted by molar-refractivity contribution is 0.164. The quantitative estimate of drug-likeness (QED) is 0.681. The number of hydrogen-bond acceptors (Lipinski definition) is 4. The van der Waals surface area contributed by atoms with Gasteiger partial charge in [0.25, 0.3) is 0 Å². The molecule has 1 aliphatic carbocycles. The minimum Gasteiger partial charge on any atom is -0.391 e. The van der Waals surface area contributed by atoms with Crippen LogP contribution in [0.25, 0.3) is 0 Å². The third-order valence-corrected chi connectivity index (χ3v) is 2.71. The predicted octanol–water partition coefficient (Wildman–Crippen LogP) is 1.31. The second-order valence-corrected chi connectivity index (χ2v) is 4.00. The van der Waals surface area contributed by atoms with Gasteiger partial charge in [-0.25, -0.2) is 0 Å². The van der Waals surface area contributed by atoms with Gasteiger partial charge < -0.3 is 15.7 Å². The van der Waals surface area contributed by atoms with Crippen LogP contribution in [0.3, 0.4) is 0 Å². The lowest BCUT2D eigenvalue weighted by Crippen LogP contribution is -2.21. The van der Waals surface area contributed by atoms with Crippen molar-refractivity contribution in [2.24, 2.45) is 5.92 Å². The summed E-state index contributed by atoms with van der Waals surface area (Å²) in [5.74, 6) is 0.512. The number of aliphatic hydroxyl groups is 1. The van der Waals surface area contributed by atoms with Crippen LogP contribution in [0.1, 0.15) is 12.8 Å². The number of aliphatic hydroxyl groups excluding tert-OH is 1. The molecule has 0 amide bonds. The SMILES string of the molecule is CNc1cncc(NCC(O)C2CC2)c1. The highest BCUT2D eigenvalue weighted by Gasteiger charge is 2.29. The molecule has 0 bridgehead atoms. The number of rotatable bonds is 5. The first-order valence-electron chi connectivity index (χ1n) is 5.34. The van der Waals surface area contributed by atoms with Gasteiger partial charge in [0.05, 0.1) is 29.9 Å². The Morgan fingerprint density at radius 3 is 2.87 bits per heavy atom. The molecule has 0 aromatic carbocycles. The van der Waals surface area contributed by atoms with E-state index in [1.54, 1.807) is 12.4 Å². The highest BCUT2D eigenvalue weighted by molar-refractivity contribution is 5.53. The Kier molecular flexibility index (Phi) is 3.06. The molecule has 0 radical (unpaired) electrons. The van der Waals surface area contributed by atoms with E-state index in [1.165, 1.54) is 0 Å². The Labute approximate surface area is 89.7 Å². The smallest absolute Gasteiger partial charge is 0.0740 e. The molecular weight excluding hydrogens is 190 g/mol. The van der Waals surface area contributed by atoms with Crippen molar-refractivity contribution in [2.75, 3.05) is 24.2 Å². The first-order valence-corrected chi connectivity index (χ1v) is 5.34. The van der Waals surface area contributed by atoms with E-state index in [1.807, 2.05) is 13.1 Å². The van der Waals surface area contributed by atoms with Crippen molar-refractivity contribution in [2.45, 2.75) is 18.9 Å². The van der Waals surface area contributed by atoms with Crippen LogP contribution in [-0.2, 0) is 0 Å². The van der Waals surface area contributed by atoms with Crippen LogP contribution >= 0.6 is 0 Å². The van der Waals surface area contributed by atoms with E-state index < -0.39 is 0 Å². The number of anilines is 2. The summed E-state index contributed by atoms with van der Waals surface area (Å²) in [6, 6.07) is 1.98. The molecule has 1 aliphatic rings. The molecule has 4 heteroatoms. The van der Waals surface area contributed by atoms with E-state index >= 15 is 0 Å². The molecule has 82 valence electrons. The van der Waals surface area contributed by atoms with Crippen LogP contribution in [0.4, 0.5) is 11.4 Å². The molecule has 0 aliphatic heterocycles. The van der Waals surface area contributed by atoms with Crippen molar-refractivity contribution in [1.82, 2.24) is 4.98 Å². The summed E-state index contributed by atoms with van der Waals surface area (Å²) >= 11 is 0. The van der Waals surface area contributed by atoms with Crippen LogP contribution in [-0.4, -0.2) is 29.8 Å². The third-order valence-electron chi connectivity index (χ3n) is 2.71. The molecular formula is C11H17N3O. The average molecular weight is 207 g/mol. The molecule has 1 saturated carbocycles. The van der Waals surface area contributed by atoms with Crippen molar-refractivity contribution in [3.63, 3.8) is 0 Å². The second-order valence-electron chi connectivity index (χ2n) is 4.00. The first kappa shape index (κ1) is 10.2. The Balaban J connectivity index is 1.86. The Bertz CT molecular complexity index is 325. The first-order chi connectivity index (χ1) is 7.29. The maximum atomic E-state index is 9.68. The van der Waals surface area contributed by atoms with Gasteiger partial charge in [0.1, 0.15) is 0 Å². The lowest BCUT2D eigenvalue weighted by atomic mass is 10.2. The summed E-state index contributed by atoms with van der Waals surface area (Å²) in [7, 11) is 1.86. The fraction of sp³-hybridized carbons (Fsp3) is 0.545. The van der Waals surface area contributed by atoms with Crippen molar-refractivity contribution < 1.29 is 5.11 Å². The third kappa shape index (κ3) is 2.83.